The number of hydrazine groups is 1. The van der Waals surface area contributed by atoms with Crippen LogP contribution in [0.15, 0.2) is 48.5 Å². The van der Waals surface area contributed by atoms with Crippen LogP contribution in [0.2, 0.25) is 0 Å². The highest BCUT2D eigenvalue weighted by Gasteiger charge is 2.10. The van der Waals surface area contributed by atoms with Gasteiger partial charge in [-0.15, -0.1) is 0 Å². The van der Waals surface area contributed by atoms with Gasteiger partial charge in [-0.25, -0.2) is 0 Å². The van der Waals surface area contributed by atoms with Crippen molar-refractivity contribution in [2.24, 2.45) is 0 Å². The Hall–Kier alpha value is -2.42. The summed E-state index contributed by atoms with van der Waals surface area (Å²) in [7, 11) is 0. The van der Waals surface area contributed by atoms with Crippen LogP contribution in [0, 0.1) is 10.5 Å². The third-order valence-corrected chi connectivity index (χ3v) is 4.55. The summed E-state index contributed by atoms with van der Waals surface area (Å²) >= 11 is 2.14. The lowest BCUT2D eigenvalue weighted by Crippen LogP contribution is -2.41. The smallest absolute Gasteiger partial charge is 0.269 e. The van der Waals surface area contributed by atoms with E-state index in [0.717, 1.165) is 9.13 Å². The first-order chi connectivity index (χ1) is 12.0. The molecule has 0 aromatic heterocycles. The van der Waals surface area contributed by atoms with Crippen molar-refractivity contribution in [1.82, 2.24) is 10.9 Å². The number of rotatable bonds is 5. The predicted octanol–water partition coefficient (Wildman–Crippen LogP) is 2.78. The summed E-state index contributed by atoms with van der Waals surface area (Å²) in [6, 6.07) is 14.3. The van der Waals surface area contributed by atoms with Gasteiger partial charge in [-0.1, -0.05) is 24.3 Å². The summed E-state index contributed by atoms with van der Waals surface area (Å²) in [6.45, 7) is 1.95. The highest BCUT2D eigenvalue weighted by Crippen LogP contribution is 2.13. The van der Waals surface area contributed by atoms with Gasteiger partial charge >= 0.3 is 0 Å². The van der Waals surface area contributed by atoms with Gasteiger partial charge in [0.15, 0.2) is 0 Å². The Morgan fingerprint density at radius 1 is 0.920 bits per heavy atom. The second kappa shape index (κ2) is 9.16. The van der Waals surface area contributed by atoms with Crippen molar-refractivity contribution in [3.63, 3.8) is 0 Å². The lowest BCUT2D eigenvalue weighted by Gasteiger charge is -2.09. The summed E-state index contributed by atoms with van der Waals surface area (Å²) in [4.78, 5) is 35.5. The molecule has 2 aromatic rings. The van der Waals surface area contributed by atoms with E-state index in [4.69, 9.17) is 0 Å². The molecule has 3 amide bonds. The maximum absolute atomic E-state index is 12.0. The quantitative estimate of drug-likeness (QED) is 0.483. The Morgan fingerprint density at radius 2 is 1.60 bits per heavy atom. The molecule has 7 heteroatoms. The Labute approximate surface area is 159 Å². The number of amides is 3. The molecule has 0 heterocycles. The van der Waals surface area contributed by atoms with Crippen molar-refractivity contribution < 1.29 is 14.4 Å². The molecule has 0 unspecified atom stereocenters. The normalized spacial score (nSPS) is 10.0. The van der Waals surface area contributed by atoms with E-state index in [0.29, 0.717) is 11.3 Å². The zero-order valence-electron chi connectivity index (χ0n) is 13.6. The van der Waals surface area contributed by atoms with Crippen LogP contribution in [-0.2, 0) is 9.59 Å². The fourth-order valence-electron chi connectivity index (χ4n) is 1.97. The van der Waals surface area contributed by atoms with E-state index in [-0.39, 0.29) is 18.7 Å². The van der Waals surface area contributed by atoms with E-state index in [9.17, 15) is 14.4 Å². The largest absolute Gasteiger partial charge is 0.326 e. The molecule has 130 valence electrons. The molecule has 3 N–H and O–H groups in total. The van der Waals surface area contributed by atoms with Gasteiger partial charge < -0.3 is 5.32 Å². The second-order valence-corrected chi connectivity index (χ2v) is 6.54. The van der Waals surface area contributed by atoms with Crippen molar-refractivity contribution in [3.8, 4) is 0 Å². The first-order valence-electron chi connectivity index (χ1n) is 7.66. The Balaban J connectivity index is 1.74. The molecule has 0 radical (unpaired) electrons. The van der Waals surface area contributed by atoms with E-state index in [2.05, 4.69) is 38.8 Å². The van der Waals surface area contributed by atoms with Gasteiger partial charge in [-0.2, -0.15) is 0 Å². The van der Waals surface area contributed by atoms with Crippen LogP contribution in [0.3, 0.4) is 0 Å². The molecule has 0 aliphatic carbocycles. The molecular weight excluding hydrogens is 433 g/mol. The Morgan fingerprint density at radius 3 is 2.28 bits per heavy atom. The number of hydrogen-bond acceptors (Lipinski definition) is 3. The summed E-state index contributed by atoms with van der Waals surface area (Å²) in [5.41, 5.74) is 6.87. The van der Waals surface area contributed by atoms with E-state index < -0.39 is 11.8 Å². The van der Waals surface area contributed by atoms with Crippen LogP contribution in [0.25, 0.3) is 0 Å². The molecule has 0 atom stereocenters. The van der Waals surface area contributed by atoms with Crippen LogP contribution in [0.1, 0.15) is 28.8 Å². The number of carbonyl (C=O) groups is 3. The van der Waals surface area contributed by atoms with Gasteiger partial charge in [0.1, 0.15) is 0 Å². The van der Waals surface area contributed by atoms with Crippen molar-refractivity contribution >= 4 is 46.0 Å². The van der Waals surface area contributed by atoms with Crippen molar-refractivity contribution in [2.45, 2.75) is 19.8 Å². The number of hydrogen-bond donors (Lipinski definition) is 3. The van der Waals surface area contributed by atoms with E-state index in [1.165, 1.54) is 0 Å². The summed E-state index contributed by atoms with van der Waals surface area (Å²) in [6.07, 6.45) is 0.00338. The van der Waals surface area contributed by atoms with Gasteiger partial charge in [-0.05, 0) is 59.3 Å². The molecule has 2 rings (SSSR count). The number of para-hydroxylation sites is 1. The van der Waals surface area contributed by atoms with E-state index in [1.807, 2.05) is 31.2 Å². The lowest BCUT2D eigenvalue weighted by molar-refractivity contribution is -0.124. The number of nitrogens with one attached hydrogen (secondary N) is 3. The molecule has 6 nitrogen and oxygen atoms in total. The summed E-state index contributed by atoms with van der Waals surface area (Å²) < 4.78 is 0.967. The number of carbonyl (C=O) groups excluding carboxylic acids is 3. The molecule has 25 heavy (non-hydrogen) atoms. The zero-order valence-corrected chi connectivity index (χ0v) is 15.8. The fourth-order valence-corrected chi connectivity index (χ4v) is 2.48. The third-order valence-electron chi connectivity index (χ3n) is 3.39. The van der Waals surface area contributed by atoms with Crippen LogP contribution >= 0.6 is 22.6 Å². The maximum atomic E-state index is 12.0. The summed E-state index contributed by atoms with van der Waals surface area (Å²) in [5, 5.41) is 2.69. The van der Waals surface area contributed by atoms with Crippen LogP contribution in [0.5, 0.6) is 0 Å². The molecule has 0 aliphatic rings. The molecule has 0 saturated heterocycles. The topological polar surface area (TPSA) is 87.3 Å². The minimum atomic E-state index is -0.432. The first-order valence-corrected chi connectivity index (χ1v) is 8.74. The monoisotopic (exact) mass is 451 g/mol. The second-order valence-electron chi connectivity index (χ2n) is 5.38. The Kier molecular flexibility index (Phi) is 6.93. The van der Waals surface area contributed by atoms with Crippen molar-refractivity contribution in [3.05, 3.63) is 63.2 Å². The van der Waals surface area contributed by atoms with Crippen LogP contribution < -0.4 is 16.2 Å². The van der Waals surface area contributed by atoms with Gasteiger partial charge in [0.25, 0.3) is 5.91 Å². The van der Waals surface area contributed by atoms with Crippen molar-refractivity contribution in [2.75, 3.05) is 5.32 Å². The Bertz CT molecular complexity index is 778. The van der Waals surface area contributed by atoms with Gasteiger partial charge in [0.05, 0.1) is 0 Å². The molecule has 0 fully saturated rings. The number of halogens is 1. The average Bonchev–Trinajstić information content (AvgIpc) is 2.61. The predicted molar refractivity (Wildman–Crippen MR) is 104 cm³/mol. The first kappa shape index (κ1) is 18.9. The van der Waals surface area contributed by atoms with Crippen molar-refractivity contribution in [1.29, 1.82) is 0 Å². The molecule has 2 aromatic carbocycles. The number of anilines is 1. The molecule has 0 spiro atoms. The fraction of sp³-hybridized carbons (Fsp3) is 0.167. The van der Waals surface area contributed by atoms with E-state index in [1.54, 1.807) is 24.3 Å². The minimum Gasteiger partial charge on any atom is -0.326 e. The number of benzene rings is 2. The highest BCUT2D eigenvalue weighted by atomic mass is 127. The highest BCUT2D eigenvalue weighted by molar-refractivity contribution is 14.1. The number of aryl methyl sites for hydroxylation is 1. The standard InChI is InChI=1S/C18H18IN3O3/c1-12-7-8-13(11-15(12)19)18(25)22-21-17(24)10-9-16(23)20-14-5-3-2-4-6-14/h2-8,11H,9-10H2,1H3,(H,20,23)(H,21,24)(H,22,25). The minimum absolute atomic E-state index is 0.0234. The van der Waals surface area contributed by atoms with Gasteiger partial charge in [0.2, 0.25) is 11.8 Å². The van der Waals surface area contributed by atoms with Crippen LogP contribution in [0.4, 0.5) is 5.69 Å². The zero-order chi connectivity index (χ0) is 18.2. The van der Waals surface area contributed by atoms with Crippen LogP contribution in [-0.4, -0.2) is 17.7 Å². The lowest BCUT2D eigenvalue weighted by atomic mass is 10.1. The van der Waals surface area contributed by atoms with Gasteiger partial charge in [-0.3, -0.25) is 25.2 Å². The van der Waals surface area contributed by atoms with E-state index >= 15 is 0 Å². The van der Waals surface area contributed by atoms with Gasteiger partial charge in [0, 0.05) is 27.7 Å². The maximum Gasteiger partial charge on any atom is 0.269 e. The molecular formula is C18H18IN3O3. The molecule has 0 aliphatic heterocycles. The molecule has 0 bridgehead atoms. The average molecular weight is 451 g/mol. The third kappa shape index (κ3) is 6.18. The summed E-state index contributed by atoms with van der Waals surface area (Å²) in [5.74, 6) is -1.10. The SMILES string of the molecule is Cc1ccc(C(=O)NNC(=O)CCC(=O)Nc2ccccc2)cc1I. The molecule has 0 saturated carbocycles.